The van der Waals surface area contributed by atoms with Crippen LogP contribution in [0.3, 0.4) is 0 Å². The van der Waals surface area contributed by atoms with Gasteiger partial charge in [0.2, 0.25) is 0 Å². The van der Waals surface area contributed by atoms with Crippen LogP contribution in [0.2, 0.25) is 0 Å². The van der Waals surface area contributed by atoms with E-state index in [-0.39, 0.29) is 6.10 Å². The van der Waals surface area contributed by atoms with E-state index in [0.29, 0.717) is 12.6 Å². The van der Waals surface area contributed by atoms with Crippen LogP contribution in [-0.4, -0.2) is 60.3 Å². The van der Waals surface area contributed by atoms with Gasteiger partial charge in [-0.05, 0) is 56.6 Å². The largest absolute Gasteiger partial charge is 0.375 e. The summed E-state index contributed by atoms with van der Waals surface area (Å²) < 4.78 is 5.64. The average Bonchev–Trinajstić information content (AvgIpc) is 3.14. The van der Waals surface area contributed by atoms with Crippen LogP contribution in [0.15, 0.2) is 23.3 Å². The molecule has 1 saturated carbocycles. The van der Waals surface area contributed by atoms with E-state index >= 15 is 0 Å². The summed E-state index contributed by atoms with van der Waals surface area (Å²) in [4.78, 5) is 11.7. The van der Waals surface area contributed by atoms with Crippen LogP contribution >= 0.6 is 11.8 Å². The highest BCUT2D eigenvalue weighted by atomic mass is 32.2. The zero-order valence-corrected chi connectivity index (χ0v) is 18.3. The maximum Gasteiger partial charge on any atom is 0.191 e. The molecule has 7 heteroatoms. The van der Waals surface area contributed by atoms with E-state index < -0.39 is 0 Å². The highest BCUT2D eigenvalue weighted by Gasteiger charge is 2.25. The fraction of sp³-hybridized carbons (Fsp3) is 0.714. The van der Waals surface area contributed by atoms with Crippen LogP contribution in [-0.2, 0) is 11.3 Å². The third-order valence-corrected chi connectivity index (χ3v) is 6.50. The van der Waals surface area contributed by atoms with Crippen molar-refractivity contribution in [3.8, 4) is 0 Å². The van der Waals surface area contributed by atoms with Crippen LogP contribution in [0.25, 0.3) is 0 Å². The number of hydrogen-bond acceptors (Lipinski definition) is 5. The summed E-state index contributed by atoms with van der Waals surface area (Å²) in [6, 6.07) is 4.75. The first-order valence-corrected chi connectivity index (χ1v) is 11.7. The van der Waals surface area contributed by atoms with Crippen molar-refractivity contribution < 1.29 is 4.74 Å². The van der Waals surface area contributed by atoms with Crippen LogP contribution in [0.4, 0.5) is 5.82 Å². The topological polar surface area (TPSA) is 61.8 Å². The van der Waals surface area contributed by atoms with Gasteiger partial charge >= 0.3 is 0 Å². The molecule has 3 unspecified atom stereocenters. The first-order chi connectivity index (χ1) is 13.7. The van der Waals surface area contributed by atoms with Gasteiger partial charge in [-0.15, -0.1) is 0 Å². The van der Waals surface area contributed by atoms with Gasteiger partial charge in [-0.25, -0.2) is 9.98 Å². The van der Waals surface area contributed by atoms with Crippen LogP contribution in [0.5, 0.6) is 0 Å². The first-order valence-electron chi connectivity index (χ1n) is 10.7. The quantitative estimate of drug-likeness (QED) is 0.537. The normalized spacial score (nSPS) is 25.8. The Morgan fingerprint density at radius 2 is 2.29 bits per heavy atom. The number of aliphatic imine (C=N–C) groups is 1. The molecule has 0 bridgehead atoms. The van der Waals surface area contributed by atoms with Gasteiger partial charge in [0.15, 0.2) is 5.96 Å². The van der Waals surface area contributed by atoms with Gasteiger partial charge < -0.3 is 20.3 Å². The molecule has 28 heavy (non-hydrogen) atoms. The number of anilines is 1. The number of morpholine rings is 1. The Morgan fingerprint density at radius 1 is 1.39 bits per heavy atom. The predicted molar refractivity (Wildman–Crippen MR) is 119 cm³/mol. The number of aromatic nitrogens is 1. The van der Waals surface area contributed by atoms with E-state index in [4.69, 9.17) is 9.73 Å². The maximum atomic E-state index is 5.64. The maximum absolute atomic E-state index is 5.64. The lowest BCUT2D eigenvalue weighted by Crippen LogP contribution is -2.42. The molecule has 1 aliphatic heterocycles. The van der Waals surface area contributed by atoms with Crippen molar-refractivity contribution in [3.05, 3.63) is 23.9 Å². The van der Waals surface area contributed by atoms with Crippen molar-refractivity contribution in [3.63, 3.8) is 0 Å². The predicted octanol–water partition coefficient (Wildman–Crippen LogP) is 3.04. The molecule has 1 aliphatic carbocycles. The number of pyridine rings is 1. The van der Waals surface area contributed by atoms with Crippen molar-refractivity contribution in [1.29, 1.82) is 0 Å². The zero-order valence-electron chi connectivity index (χ0n) is 17.5. The molecule has 156 valence electrons. The molecule has 0 spiro atoms. The number of thioether (sulfide) groups is 1. The van der Waals surface area contributed by atoms with Crippen molar-refractivity contribution in [1.82, 2.24) is 15.6 Å². The van der Waals surface area contributed by atoms with Gasteiger partial charge in [-0.3, -0.25) is 0 Å². The summed E-state index contributed by atoms with van der Waals surface area (Å²) in [5.74, 6) is 3.15. The molecule has 1 aromatic heterocycles. The van der Waals surface area contributed by atoms with Gasteiger partial charge in [0.1, 0.15) is 5.82 Å². The minimum absolute atomic E-state index is 0.253. The van der Waals surface area contributed by atoms with Gasteiger partial charge in [0.05, 0.1) is 19.3 Å². The third kappa shape index (κ3) is 6.27. The van der Waals surface area contributed by atoms with E-state index in [1.807, 2.05) is 6.20 Å². The number of nitrogens with one attached hydrogen (secondary N) is 2. The van der Waals surface area contributed by atoms with Crippen LogP contribution < -0.4 is 15.5 Å². The molecular weight excluding hydrogens is 370 g/mol. The Labute approximate surface area is 173 Å². The number of rotatable bonds is 7. The molecule has 2 N–H and O–H groups in total. The summed E-state index contributed by atoms with van der Waals surface area (Å²) in [5, 5.41) is 7.84. The van der Waals surface area contributed by atoms with Crippen molar-refractivity contribution >= 4 is 23.5 Å². The summed E-state index contributed by atoms with van der Waals surface area (Å²) >= 11 is 2.09. The Morgan fingerprint density at radius 3 is 3.07 bits per heavy atom. The number of ether oxygens (including phenoxy) is 1. The minimum Gasteiger partial charge on any atom is -0.375 e. The van der Waals surface area contributed by atoms with Gasteiger partial charge in [-0.2, -0.15) is 11.8 Å². The van der Waals surface area contributed by atoms with E-state index in [0.717, 1.165) is 43.3 Å². The smallest absolute Gasteiger partial charge is 0.191 e. The molecular formula is C21H35N5OS. The molecule has 6 nitrogen and oxygen atoms in total. The molecule has 0 radical (unpaired) electrons. The Hall–Kier alpha value is -1.47. The Balaban J connectivity index is 1.59. The fourth-order valence-corrected chi connectivity index (χ4v) is 5.04. The molecule has 2 heterocycles. The first kappa shape index (κ1) is 21.2. The second-order valence-electron chi connectivity index (χ2n) is 7.58. The third-order valence-electron chi connectivity index (χ3n) is 5.27. The van der Waals surface area contributed by atoms with Crippen molar-refractivity contribution in [2.45, 2.75) is 64.0 Å². The summed E-state index contributed by atoms with van der Waals surface area (Å²) in [5.41, 5.74) is 1.19. The Kier molecular flexibility index (Phi) is 8.27. The van der Waals surface area contributed by atoms with Crippen LogP contribution in [0, 0.1) is 0 Å². The summed E-state index contributed by atoms with van der Waals surface area (Å²) in [6.45, 7) is 10.6. The second kappa shape index (κ2) is 10.9. The van der Waals surface area contributed by atoms with Gasteiger partial charge in [-0.1, -0.05) is 6.92 Å². The van der Waals surface area contributed by atoms with E-state index in [1.54, 1.807) is 0 Å². The standard InChI is InChI=1S/C21H35N5OS/c1-4-22-21(25-18-6-7-19(13-18)28-5-2)24-14-17-8-9-23-20(12-17)26-10-11-27-16(3)15-26/h8-9,12,16,18-19H,4-7,10-11,13-15H2,1-3H3,(H2,22,24,25). The molecule has 0 aromatic carbocycles. The van der Waals surface area contributed by atoms with E-state index in [9.17, 15) is 0 Å². The molecule has 1 saturated heterocycles. The minimum atomic E-state index is 0.253. The number of guanidine groups is 1. The van der Waals surface area contributed by atoms with Gasteiger partial charge in [0, 0.05) is 37.1 Å². The highest BCUT2D eigenvalue weighted by molar-refractivity contribution is 7.99. The Bertz CT molecular complexity index is 641. The molecule has 2 aliphatic rings. The SMILES string of the molecule is CCNC(=NCc1ccnc(N2CCOC(C)C2)c1)NC1CCC(SCC)C1. The summed E-state index contributed by atoms with van der Waals surface area (Å²) in [7, 11) is 0. The second-order valence-corrected chi connectivity index (χ2v) is 9.15. The molecule has 2 fully saturated rings. The molecule has 3 atom stereocenters. The monoisotopic (exact) mass is 405 g/mol. The molecule has 1 aromatic rings. The number of nitrogens with zero attached hydrogens (tertiary/aromatic N) is 3. The average molecular weight is 406 g/mol. The lowest BCUT2D eigenvalue weighted by atomic mass is 10.2. The summed E-state index contributed by atoms with van der Waals surface area (Å²) in [6.07, 6.45) is 5.92. The van der Waals surface area contributed by atoms with E-state index in [2.05, 4.69) is 65.2 Å². The molecule has 0 amide bonds. The fourth-order valence-electron chi connectivity index (χ4n) is 3.90. The van der Waals surface area contributed by atoms with E-state index in [1.165, 1.54) is 30.6 Å². The lowest BCUT2D eigenvalue weighted by molar-refractivity contribution is 0.0529. The van der Waals surface area contributed by atoms with Gasteiger partial charge in [0.25, 0.3) is 0 Å². The highest BCUT2D eigenvalue weighted by Crippen LogP contribution is 2.29. The van der Waals surface area contributed by atoms with Crippen molar-refractivity contribution in [2.24, 2.45) is 4.99 Å². The van der Waals surface area contributed by atoms with Crippen LogP contribution in [0.1, 0.15) is 45.6 Å². The number of hydrogen-bond donors (Lipinski definition) is 2. The lowest BCUT2D eigenvalue weighted by Gasteiger charge is -2.32. The van der Waals surface area contributed by atoms with Crippen molar-refractivity contribution in [2.75, 3.05) is 36.9 Å². The molecule has 3 rings (SSSR count). The zero-order chi connectivity index (χ0) is 19.8.